The molecule has 0 radical (unpaired) electrons. The van der Waals surface area contributed by atoms with Crippen LogP contribution < -0.4 is 19.6 Å². The van der Waals surface area contributed by atoms with Crippen molar-refractivity contribution in [1.29, 1.82) is 0 Å². The van der Waals surface area contributed by atoms with Crippen LogP contribution in [0.3, 0.4) is 0 Å². The minimum Gasteiger partial charge on any atom is -0.493 e. The van der Waals surface area contributed by atoms with Crippen molar-refractivity contribution in [3.63, 3.8) is 0 Å². The number of nitro groups is 1. The van der Waals surface area contributed by atoms with E-state index in [-0.39, 0.29) is 22.3 Å². The van der Waals surface area contributed by atoms with Crippen LogP contribution in [0.1, 0.15) is 59.1 Å². The maximum Gasteiger partial charge on any atom is 0.311 e. The summed E-state index contributed by atoms with van der Waals surface area (Å²) in [6.45, 7) is 11.8. The highest BCUT2D eigenvalue weighted by atomic mass is 16.6. The van der Waals surface area contributed by atoms with Gasteiger partial charge in [0, 0.05) is 11.6 Å². The molecule has 0 aliphatic carbocycles. The second-order valence-electron chi connectivity index (χ2n) is 10.2. The molecule has 0 atom stereocenters. The maximum atomic E-state index is 12.3. The quantitative estimate of drug-likeness (QED) is 0.280. The number of amides is 1. The highest BCUT2D eigenvalue weighted by Gasteiger charge is 2.30. The van der Waals surface area contributed by atoms with Gasteiger partial charge in [0.25, 0.3) is 5.91 Å². The number of benzene rings is 2. The molecule has 0 aliphatic rings. The van der Waals surface area contributed by atoms with E-state index < -0.39 is 17.4 Å². The van der Waals surface area contributed by atoms with E-state index in [2.05, 4.69) is 45.1 Å². The summed E-state index contributed by atoms with van der Waals surface area (Å²) in [4.78, 5) is 23.5. The van der Waals surface area contributed by atoms with Gasteiger partial charge in [-0.15, -0.1) is 0 Å². The molecule has 0 heterocycles. The number of carbonyl (C=O) groups is 1. The zero-order valence-electron chi connectivity index (χ0n) is 21.7. The van der Waals surface area contributed by atoms with E-state index in [0.29, 0.717) is 17.2 Å². The summed E-state index contributed by atoms with van der Waals surface area (Å²) in [5, 5.41) is 15.8. The first-order valence-corrected chi connectivity index (χ1v) is 11.2. The van der Waals surface area contributed by atoms with Gasteiger partial charge in [-0.2, -0.15) is 5.10 Å². The van der Waals surface area contributed by atoms with Gasteiger partial charge in [-0.3, -0.25) is 14.9 Å². The minimum atomic E-state index is -0.545. The largest absolute Gasteiger partial charge is 0.493 e. The van der Waals surface area contributed by atoms with Crippen LogP contribution in [0, 0.1) is 15.5 Å². The Kier molecular flexibility index (Phi) is 8.84. The van der Waals surface area contributed by atoms with E-state index in [1.807, 2.05) is 6.07 Å². The van der Waals surface area contributed by atoms with E-state index in [1.54, 1.807) is 38.3 Å². The smallest absolute Gasteiger partial charge is 0.311 e. The van der Waals surface area contributed by atoms with Crippen LogP contribution in [0.4, 0.5) is 5.69 Å². The number of methoxy groups -OCH3 is 2. The summed E-state index contributed by atoms with van der Waals surface area (Å²) in [6.07, 6.45) is 0.844. The molecule has 0 unspecified atom stereocenters. The molecule has 1 amide bonds. The van der Waals surface area contributed by atoms with Crippen molar-refractivity contribution in [2.45, 2.75) is 53.4 Å². The monoisotopic (exact) mass is 485 g/mol. The fraction of sp³-hybridized carbons (Fsp3) is 0.462. The lowest BCUT2D eigenvalue weighted by Gasteiger charge is -2.33. The summed E-state index contributed by atoms with van der Waals surface area (Å²) >= 11 is 0. The Morgan fingerprint density at radius 1 is 1.00 bits per heavy atom. The van der Waals surface area contributed by atoms with Crippen molar-refractivity contribution in [2.75, 3.05) is 20.8 Å². The number of hydrogen-bond acceptors (Lipinski definition) is 7. The van der Waals surface area contributed by atoms with Crippen LogP contribution in [-0.2, 0) is 10.2 Å². The lowest BCUT2D eigenvalue weighted by Crippen LogP contribution is -2.26. The number of hydrogen-bond donors (Lipinski definition) is 1. The van der Waals surface area contributed by atoms with E-state index in [9.17, 15) is 14.9 Å². The van der Waals surface area contributed by atoms with Crippen molar-refractivity contribution in [3.05, 3.63) is 57.6 Å². The molecule has 0 spiro atoms. The van der Waals surface area contributed by atoms with Crippen molar-refractivity contribution < 1.29 is 23.9 Å². The normalized spacial score (nSPS) is 12.2. The molecule has 0 bridgehead atoms. The van der Waals surface area contributed by atoms with Gasteiger partial charge in [0.05, 0.1) is 24.9 Å². The maximum absolute atomic E-state index is 12.3. The highest BCUT2D eigenvalue weighted by molar-refractivity contribution is 5.99. The van der Waals surface area contributed by atoms with Crippen LogP contribution in [0.15, 0.2) is 41.5 Å². The molecular weight excluding hydrogens is 450 g/mol. The third-order valence-corrected chi connectivity index (χ3v) is 5.42. The average Bonchev–Trinajstić information content (AvgIpc) is 2.78. The SMILES string of the molecule is COc1ccc(C(C)=NNC(=O)COc2ccc(C(C)(C)CC(C)(C)C)cc2[N+](=O)[O-])cc1OC. The molecule has 0 fully saturated rings. The summed E-state index contributed by atoms with van der Waals surface area (Å²) in [7, 11) is 3.08. The van der Waals surface area contributed by atoms with E-state index in [0.717, 1.165) is 17.5 Å². The summed E-state index contributed by atoms with van der Waals surface area (Å²) in [5.74, 6) is 0.601. The van der Waals surface area contributed by atoms with Gasteiger partial charge in [0.2, 0.25) is 0 Å². The predicted molar refractivity (Wildman–Crippen MR) is 136 cm³/mol. The van der Waals surface area contributed by atoms with Gasteiger partial charge in [-0.1, -0.05) is 40.7 Å². The Labute approximate surface area is 206 Å². The third-order valence-electron chi connectivity index (χ3n) is 5.42. The van der Waals surface area contributed by atoms with Gasteiger partial charge < -0.3 is 14.2 Å². The number of carbonyl (C=O) groups excluding carboxylic acids is 1. The van der Waals surface area contributed by atoms with Crippen molar-refractivity contribution in [1.82, 2.24) is 5.43 Å². The van der Waals surface area contributed by atoms with Gasteiger partial charge in [0.1, 0.15) is 0 Å². The Morgan fingerprint density at radius 3 is 2.20 bits per heavy atom. The molecule has 0 saturated carbocycles. The second-order valence-corrected chi connectivity index (χ2v) is 10.2. The number of nitrogens with one attached hydrogen (secondary N) is 1. The van der Waals surface area contributed by atoms with E-state index in [4.69, 9.17) is 14.2 Å². The lowest BCUT2D eigenvalue weighted by molar-refractivity contribution is -0.385. The molecule has 2 aromatic carbocycles. The second kappa shape index (κ2) is 11.2. The van der Waals surface area contributed by atoms with Crippen molar-refractivity contribution in [2.24, 2.45) is 10.5 Å². The van der Waals surface area contributed by atoms with Crippen LogP contribution in [0.2, 0.25) is 0 Å². The first kappa shape index (κ1) is 27.6. The zero-order valence-corrected chi connectivity index (χ0v) is 21.7. The van der Waals surface area contributed by atoms with Crippen LogP contribution in [0.25, 0.3) is 0 Å². The van der Waals surface area contributed by atoms with Gasteiger partial charge in [0.15, 0.2) is 23.9 Å². The summed E-state index contributed by atoms with van der Waals surface area (Å²) < 4.78 is 16.0. The van der Waals surface area contributed by atoms with Gasteiger partial charge in [-0.05, 0) is 54.0 Å². The number of nitro benzene ring substituents is 1. The molecule has 9 heteroatoms. The molecule has 1 N–H and O–H groups in total. The van der Waals surface area contributed by atoms with Gasteiger partial charge >= 0.3 is 5.69 Å². The molecular formula is C26H35N3O6. The fourth-order valence-corrected chi connectivity index (χ4v) is 4.08. The van der Waals surface area contributed by atoms with Crippen molar-refractivity contribution >= 4 is 17.3 Å². The molecule has 0 aliphatic heterocycles. The van der Waals surface area contributed by atoms with Crippen LogP contribution in [-0.4, -0.2) is 37.4 Å². The standard InChI is InChI=1S/C26H35N3O6/c1-17(18-9-11-22(33-7)23(13-18)34-8)27-28-24(30)15-35-21-12-10-19(14-20(21)29(31)32)26(5,6)16-25(2,3)4/h9-14H,15-16H2,1-8H3,(H,28,30). The zero-order chi connectivity index (χ0) is 26.4. The molecule has 2 aromatic rings. The molecule has 9 nitrogen and oxygen atoms in total. The highest BCUT2D eigenvalue weighted by Crippen LogP contribution is 2.39. The summed E-state index contributed by atoms with van der Waals surface area (Å²) in [5.41, 5.74) is 4.13. The third kappa shape index (κ3) is 7.70. The predicted octanol–water partition coefficient (Wildman–Crippen LogP) is 5.25. The molecule has 0 aromatic heterocycles. The lowest BCUT2D eigenvalue weighted by atomic mass is 9.72. The number of hydrazone groups is 1. The topological polar surface area (TPSA) is 112 Å². The Hall–Kier alpha value is -3.62. The number of ether oxygens (including phenoxy) is 3. The van der Waals surface area contributed by atoms with E-state index >= 15 is 0 Å². The Balaban J connectivity index is 2.10. The molecule has 190 valence electrons. The minimum absolute atomic E-state index is 0.0288. The molecule has 35 heavy (non-hydrogen) atoms. The van der Waals surface area contributed by atoms with Gasteiger partial charge in [-0.25, -0.2) is 5.43 Å². The van der Waals surface area contributed by atoms with E-state index in [1.165, 1.54) is 13.2 Å². The van der Waals surface area contributed by atoms with Crippen molar-refractivity contribution in [3.8, 4) is 17.2 Å². The first-order valence-electron chi connectivity index (χ1n) is 11.2. The molecule has 2 rings (SSSR count). The van der Waals surface area contributed by atoms with Crippen LogP contribution in [0.5, 0.6) is 17.2 Å². The fourth-order valence-electron chi connectivity index (χ4n) is 4.08. The Morgan fingerprint density at radius 2 is 1.63 bits per heavy atom. The Bertz CT molecular complexity index is 1100. The number of nitrogens with zero attached hydrogens (tertiary/aromatic N) is 2. The number of rotatable bonds is 10. The molecule has 0 saturated heterocycles. The summed E-state index contributed by atoms with van der Waals surface area (Å²) in [6, 6.07) is 10.2. The van der Waals surface area contributed by atoms with Crippen LogP contribution >= 0.6 is 0 Å². The average molecular weight is 486 g/mol. The first-order chi connectivity index (χ1) is 16.3.